The van der Waals surface area contributed by atoms with Crippen LogP contribution in [0, 0.1) is 0 Å². The number of anilines is 2. The van der Waals surface area contributed by atoms with Crippen molar-refractivity contribution in [1.82, 2.24) is 9.88 Å². The van der Waals surface area contributed by atoms with Crippen LogP contribution in [-0.4, -0.2) is 53.7 Å². The highest BCUT2D eigenvalue weighted by molar-refractivity contribution is 7.21. The van der Waals surface area contributed by atoms with E-state index in [1.54, 1.807) is 11.1 Å². The minimum atomic E-state index is -0.502. The number of ether oxygens (including phenoxy) is 1. The van der Waals surface area contributed by atoms with E-state index >= 15 is 0 Å². The third-order valence-corrected chi connectivity index (χ3v) is 6.42. The lowest BCUT2D eigenvalue weighted by Gasteiger charge is -2.36. The molecule has 0 atom stereocenters. The quantitative estimate of drug-likeness (QED) is 0.562. The molecule has 1 aromatic carbocycles. The van der Waals surface area contributed by atoms with Crippen molar-refractivity contribution in [1.29, 1.82) is 0 Å². The monoisotopic (exact) mass is 472 g/mol. The van der Waals surface area contributed by atoms with Crippen LogP contribution in [0.3, 0.4) is 0 Å². The van der Waals surface area contributed by atoms with E-state index in [0.717, 1.165) is 15.9 Å². The van der Waals surface area contributed by atoms with Crippen molar-refractivity contribution in [2.24, 2.45) is 0 Å². The molecule has 9 heteroatoms. The van der Waals surface area contributed by atoms with Crippen molar-refractivity contribution in [3.63, 3.8) is 0 Å². The molecule has 2 amide bonds. The summed E-state index contributed by atoms with van der Waals surface area (Å²) in [6.07, 6.45) is 1.36. The Morgan fingerprint density at radius 2 is 1.88 bits per heavy atom. The van der Waals surface area contributed by atoms with Crippen LogP contribution in [0.1, 0.15) is 30.4 Å². The molecule has 1 saturated heterocycles. The van der Waals surface area contributed by atoms with Crippen LogP contribution in [0.2, 0.25) is 5.02 Å². The average molecular weight is 473 g/mol. The standard InChI is InChI=1S/C23H25ClN4O3S/c1-23(2,3)31-22(30)28-11-9-27(10-12-28)20-8-7-15(14-25-20)26-21(29)19-13-16-17(24)5-4-6-18(16)32-19/h4-8,13-14H,9-12H2,1-3H3,(H,26,29). The largest absolute Gasteiger partial charge is 0.444 e. The molecule has 0 spiro atoms. The third-order valence-electron chi connectivity index (χ3n) is 4.99. The summed E-state index contributed by atoms with van der Waals surface area (Å²) in [6, 6.07) is 11.2. The smallest absolute Gasteiger partial charge is 0.410 e. The van der Waals surface area contributed by atoms with E-state index in [0.29, 0.717) is 41.8 Å². The Labute approximate surface area is 195 Å². The normalized spacial score (nSPS) is 14.5. The molecule has 1 aliphatic heterocycles. The summed E-state index contributed by atoms with van der Waals surface area (Å²) in [6.45, 7) is 8.07. The summed E-state index contributed by atoms with van der Waals surface area (Å²) in [5.41, 5.74) is 0.118. The number of rotatable bonds is 3. The number of nitrogens with zero attached hydrogens (tertiary/aromatic N) is 3. The zero-order chi connectivity index (χ0) is 22.9. The topological polar surface area (TPSA) is 74.8 Å². The van der Waals surface area contributed by atoms with Gasteiger partial charge in [0.1, 0.15) is 11.4 Å². The first-order valence-corrected chi connectivity index (χ1v) is 11.6. The van der Waals surface area contributed by atoms with Gasteiger partial charge in [-0.2, -0.15) is 0 Å². The second-order valence-corrected chi connectivity index (χ2v) is 10.1. The highest BCUT2D eigenvalue weighted by atomic mass is 35.5. The van der Waals surface area contributed by atoms with Crippen molar-refractivity contribution in [2.75, 3.05) is 36.4 Å². The molecule has 0 aliphatic carbocycles. The molecule has 0 unspecified atom stereocenters. The summed E-state index contributed by atoms with van der Waals surface area (Å²) in [5.74, 6) is 0.614. The fourth-order valence-electron chi connectivity index (χ4n) is 3.42. The Hall–Kier alpha value is -2.84. The highest BCUT2D eigenvalue weighted by Gasteiger charge is 2.26. The van der Waals surface area contributed by atoms with Gasteiger partial charge < -0.3 is 19.9 Å². The summed E-state index contributed by atoms with van der Waals surface area (Å²) in [7, 11) is 0. The van der Waals surface area contributed by atoms with Gasteiger partial charge in [-0.05, 0) is 51.1 Å². The second-order valence-electron chi connectivity index (χ2n) is 8.58. The SMILES string of the molecule is CC(C)(C)OC(=O)N1CCN(c2ccc(NC(=O)c3cc4c(Cl)cccc4s3)cn2)CC1. The zero-order valence-electron chi connectivity index (χ0n) is 18.2. The van der Waals surface area contributed by atoms with E-state index in [-0.39, 0.29) is 12.0 Å². The lowest BCUT2D eigenvalue weighted by atomic mass is 10.2. The summed E-state index contributed by atoms with van der Waals surface area (Å²) < 4.78 is 6.41. The fourth-order valence-corrected chi connectivity index (χ4v) is 4.69. The molecule has 0 bridgehead atoms. The Kier molecular flexibility index (Phi) is 6.26. The van der Waals surface area contributed by atoms with Gasteiger partial charge in [0.15, 0.2) is 0 Å². The number of amides is 2. The first-order valence-electron chi connectivity index (χ1n) is 10.4. The molecule has 4 rings (SSSR count). The molecule has 0 saturated carbocycles. The van der Waals surface area contributed by atoms with Crippen LogP contribution in [-0.2, 0) is 4.74 Å². The molecule has 1 aliphatic rings. The van der Waals surface area contributed by atoms with E-state index in [4.69, 9.17) is 16.3 Å². The lowest BCUT2D eigenvalue weighted by Crippen LogP contribution is -2.50. The van der Waals surface area contributed by atoms with Gasteiger partial charge in [-0.1, -0.05) is 17.7 Å². The number of piperazine rings is 1. The van der Waals surface area contributed by atoms with Crippen LogP contribution in [0.4, 0.5) is 16.3 Å². The van der Waals surface area contributed by atoms with Crippen LogP contribution in [0.25, 0.3) is 10.1 Å². The number of hydrogen-bond donors (Lipinski definition) is 1. The fraction of sp³-hybridized carbons (Fsp3) is 0.348. The Morgan fingerprint density at radius 1 is 1.12 bits per heavy atom. The van der Waals surface area contributed by atoms with Gasteiger partial charge in [-0.25, -0.2) is 9.78 Å². The van der Waals surface area contributed by atoms with Gasteiger partial charge in [0.25, 0.3) is 5.91 Å². The Morgan fingerprint density at radius 3 is 2.50 bits per heavy atom. The lowest BCUT2D eigenvalue weighted by molar-refractivity contribution is 0.0240. The Bertz CT molecular complexity index is 1130. The Balaban J connectivity index is 1.35. The number of fused-ring (bicyclic) bond motifs is 1. The minimum Gasteiger partial charge on any atom is -0.444 e. The van der Waals surface area contributed by atoms with Gasteiger partial charge in [0, 0.05) is 41.3 Å². The third kappa shape index (κ3) is 5.14. The van der Waals surface area contributed by atoms with Gasteiger partial charge in [-0.15, -0.1) is 11.3 Å². The molecular weight excluding hydrogens is 448 g/mol. The average Bonchev–Trinajstić information content (AvgIpc) is 3.19. The van der Waals surface area contributed by atoms with Crippen molar-refractivity contribution >= 4 is 56.5 Å². The summed E-state index contributed by atoms with van der Waals surface area (Å²) >= 11 is 7.62. The van der Waals surface area contributed by atoms with E-state index in [1.807, 2.05) is 57.2 Å². The number of hydrogen-bond acceptors (Lipinski definition) is 6. The number of nitrogens with one attached hydrogen (secondary N) is 1. The van der Waals surface area contributed by atoms with Crippen molar-refractivity contribution in [3.8, 4) is 0 Å². The maximum atomic E-state index is 12.6. The van der Waals surface area contributed by atoms with E-state index in [9.17, 15) is 9.59 Å². The maximum Gasteiger partial charge on any atom is 0.410 e. The predicted octanol–water partition coefficient (Wildman–Crippen LogP) is 5.26. The van der Waals surface area contributed by atoms with Crippen LogP contribution in [0.5, 0.6) is 0 Å². The van der Waals surface area contributed by atoms with E-state index in [2.05, 4.69) is 15.2 Å². The molecule has 1 fully saturated rings. The van der Waals surface area contributed by atoms with Crippen LogP contribution >= 0.6 is 22.9 Å². The van der Waals surface area contributed by atoms with Crippen molar-refractivity contribution < 1.29 is 14.3 Å². The van der Waals surface area contributed by atoms with Gasteiger partial charge in [0.05, 0.1) is 16.8 Å². The number of thiophene rings is 1. The molecule has 7 nitrogen and oxygen atoms in total. The van der Waals surface area contributed by atoms with Crippen molar-refractivity contribution in [2.45, 2.75) is 26.4 Å². The molecule has 0 radical (unpaired) electrons. The second kappa shape index (κ2) is 8.96. The van der Waals surface area contributed by atoms with Gasteiger partial charge >= 0.3 is 6.09 Å². The molecular formula is C23H25ClN4O3S. The van der Waals surface area contributed by atoms with Gasteiger partial charge in [0.2, 0.25) is 0 Å². The van der Waals surface area contributed by atoms with E-state index in [1.165, 1.54) is 11.3 Å². The molecule has 168 valence electrons. The number of halogens is 1. The maximum absolute atomic E-state index is 12.6. The number of carbonyl (C=O) groups is 2. The minimum absolute atomic E-state index is 0.192. The first kappa shape index (κ1) is 22.4. The summed E-state index contributed by atoms with van der Waals surface area (Å²) in [4.78, 5) is 33.8. The zero-order valence-corrected chi connectivity index (χ0v) is 19.8. The number of pyridine rings is 1. The van der Waals surface area contributed by atoms with Crippen LogP contribution < -0.4 is 10.2 Å². The number of benzene rings is 1. The van der Waals surface area contributed by atoms with Crippen molar-refractivity contribution in [3.05, 3.63) is 52.5 Å². The molecule has 3 aromatic rings. The molecule has 3 heterocycles. The highest BCUT2D eigenvalue weighted by Crippen LogP contribution is 2.31. The number of carbonyl (C=O) groups excluding carboxylic acids is 2. The molecule has 32 heavy (non-hydrogen) atoms. The first-order chi connectivity index (χ1) is 15.2. The van der Waals surface area contributed by atoms with Gasteiger partial charge in [-0.3, -0.25) is 4.79 Å². The van der Waals surface area contributed by atoms with Crippen LogP contribution in [0.15, 0.2) is 42.6 Å². The molecule has 1 N–H and O–H groups in total. The molecule has 2 aromatic heterocycles. The summed E-state index contributed by atoms with van der Waals surface area (Å²) in [5, 5.41) is 4.40. The predicted molar refractivity (Wildman–Crippen MR) is 129 cm³/mol. The van der Waals surface area contributed by atoms with E-state index < -0.39 is 5.60 Å². The number of aromatic nitrogens is 1.